The van der Waals surface area contributed by atoms with E-state index in [-0.39, 0.29) is 11.9 Å². The lowest BCUT2D eigenvalue weighted by Gasteiger charge is -2.28. The average molecular weight is 629 g/mol. The van der Waals surface area contributed by atoms with Crippen LogP contribution in [0.1, 0.15) is 30.6 Å². The Morgan fingerprint density at radius 1 is 0.739 bits per heavy atom. The Hall–Kier alpha value is -4.33. The van der Waals surface area contributed by atoms with Gasteiger partial charge in [-0.2, -0.15) is 15.0 Å². The summed E-state index contributed by atoms with van der Waals surface area (Å²) in [4.78, 5) is 49.0. The molecule has 46 heavy (non-hydrogen) atoms. The smallest absolute Gasteiger partial charge is 0.323 e. The topological polar surface area (TPSA) is 131 Å². The molecule has 3 saturated heterocycles. The van der Waals surface area contributed by atoms with Gasteiger partial charge in [0.2, 0.25) is 11.9 Å². The lowest BCUT2D eigenvalue weighted by Crippen LogP contribution is -2.46. The largest absolute Gasteiger partial charge is 0.378 e. The molecule has 0 aliphatic carbocycles. The van der Waals surface area contributed by atoms with Crippen LogP contribution >= 0.6 is 0 Å². The lowest BCUT2D eigenvalue weighted by atomic mass is 10.1. The number of nitrogens with zero attached hydrogens (tertiary/aromatic N) is 7. The zero-order valence-electron chi connectivity index (χ0n) is 26.7. The summed E-state index contributed by atoms with van der Waals surface area (Å²) >= 11 is 0. The Morgan fingerprint density at radius 3 is 1.98 bits per heavy atom. The van der Waals surface area contributed by atoms with Crippen LogP contribution < -0.4 is 25.8 Å². The third-order valence-electron chi connectivity index (χ3n) is 8.64. The predicted molar refractivity (Wildman–Crippen MR) is 180 cm³/mol. The van der Waals surface area contributed by atoms with Crippen LogP contribution in [0.4, 0.5) is 28.1 Å². The number of morpholine rings is 1. The van der Waals surface area contributed by atoms with E-state index in [0.717, 1.165) is 64.3 Å². The molecular weight excluding hydrogens is 584 g/mol. The second kappa shape index (κ2) is 14.8. The molecule has 0 spiro atoms. The zero-order chi connectivity index (χ0) is 31.9. The Morgan fingerprint density at radius 2 is 1.35 bits per heavy atom. The molecule has 0 bridgehead atoms. The molecular formula is C33H44N10O3. The van der Waals surface area contributed by atoms with E-state index in [2.05, 4.69) is 44.5 Å². The van der Waals surface area contributed by atoms with E-state index in [1.165, 1.54) is 0 Å². The summed E-state index contributed by atoms with van der Waals surface area (Å²) in [6, 6.07) is 14.6. The molecule has 3 amide bonds. The van der Waals surface area contributed by atoms with Gasteiger partial charge in [0.15, 0.2) is 5.82 Å². The van der Waals surface area contributed by atoms with Crippen molar-refractivity contribution in [3.63, 3.8) is 0 Å². The number of amides is 3. The van der Waals surface area contributed by atoms with Crippen molar-refractivity contribution in [1.82, 2.24) is 30.1 Å². The number of hydrogen-bond acceptors (Lipinski definition) is 10. The number of nitrogens with one attached hydrogen (secondary N) is 3. The van der Waals surface area contributed by atoms with E-state index < -0.39 is 0 Å². The van der Waals surface area contributed by atoms with Crippen molar-refractivity contribution in [3.8, 4) is 11.4 Å². The van der Waals surface area contributed by atoms with Crippen molar-refractivity contribution in [1.29, 1.82) is 0 Å². The van der Waals surface area contributed by atoms with Gasteiger partial charge in [0.05, 0.1) is 13.2 Å². The molecule has 4 heterocycles. The Bertz CT molecular complexity index is 1470. The first kappa shape index (κ1) is 31.6. The minimum Gasteiger partial charge on any atom is -0.378 e. The van der Waals surface area contributed by atoms with Crippen LogP contribution in [0.3, 0.4) is 0 Å². The molecule has 3 aliphatic heterocycles. The number of hydrogen-bond donors (Lipinski definition) is 3. The fourth-order valence-electron chi connectivity index (χ4n) is 5.93. The molecule has 244 valence electrons. The van der Waals surface area contributed by atoms with Crippen molar-refractivity contribution >= 4 is 35.2 Å². The standard InChI is InChI=1S/C33H44N10O3/c1-24(2)40-14-3-15-42(19-18-40)31-37-29(38-32(39-31)43-20-22-46-23-21-43)25-4-8-27(9-5-25)35-33(45)36-28-10-6-26(7-11-28)30(44)41-16-12-34-13-17-41/h4-11,24,34H,3,12-23H2,1-2H3,(H2,35,36,45). The SMILES string of the molecule is CC(C)N1CCCN(c2nc(-c3ccc(NC(=O)Nc4ccc(C(=O)N5CCNCC5)cc4)cc3)nc(N3CCOCC3)n2)CC1. The third kappa shape index (κ3) is 7.90. The average Bonchev–Trinajstić information content (AvgIpc) is 3.36. The van der Waals surface area contributed by atoms with Gasteiger partial charge in [-0.15, -0.1) is 0 Å². The lowest BCUT2D eigenvalue weighted by molar-refractivity contribution is 0.0736. The summed E-state index contributed by atoms with van der Waals surface area (Å²) in [6.45, 7) is 14.0. The van der Waals surface area contributed by atoms with Crippen molar-refractivity contribution in [2.75, 3.05) is 99.1 Å². The van der Waals surface area contributed by atoms with E-state index in [1.807, 2.05) is 29.2 Å². The molecule has 13 heteroatoms. The Labute approximate surface area is 270 Å². The van der Waals surface area contributed by atoms with E-state index in [4.69, 9.17) is 19.7 Å². The molecule has 0 radical (unpaired) electrons. The number of rotatable bonds is 7. The molecule has 6 rings (SSSR count). The van der Waals surface area contributed by atoms with Crippen LogP contribution in [0.2, 0.25) is 0 Å². The van der Waals surface area contributed by atoms with Gasteiger partial charge in [-0.25, -0.2) is 4.79 Å². The summed E-state index contributed by atoms with van der Waals surface area (Å²) in [5.74, 6) is 1.96. The van der Waals surface area contributed by atoms with Gasteiger partial charge in [-0.05, 0) is 68.8 Å². The molecule has 1 aromatic heterocycles. The maximum Gasteiger partial charge on any atom is 0.323 e. The normalized spacial score (nSPS) is 17.9. The van der Waals surface area contributed by atoms with Crippen molar-refractivity contribution < 1.29 is 14.3 Å². The summed E-state index contributed by atoms with van der Waals surface area (Å²) in [5, 5.41) is 8.98. The number of carbonyl (C=O) groups excluding carboxylic acids is 2. The second-order valence-electron chi connectivity index (χ2n) is 12.1. The summed E-state index contributed by atoms with van der Waals surface area (Å²) in [5.41, 5.74) is 2.68. The maximum atomic E-state index is 12.8. The molecule has 3 aromatic rings. The highest BCUT2D eigenvalue weighted by molar-refractivity contribution is 6.00. The summed E-state index contributed by atoms with van der Waals surface area (Å²) in [7, 11) is 0. The molecule has 13 nitrogen and oxygen atoms in total. The summed E-state index contributed by atoms with van der Waals surface area (Å²) < 4.78 is 5.57. The van der Waals surface area contributed by atoms with Gasteiger partial charge in [0.25, 0.3) is 5.91 Å². The van der Waals surface area contributed by atoms with Gasteiger partial charge in [-0.1, -0.05) is 0 Å². The van der Waals surface area contributed by atoms with Crippen LogP contribution in [-0.4, -0.2) is 121 Å². The van der Waals surface area contributed by atoms with E-state index in [1.54, 1.807) is 24.3 Å². The van der Waals surface area contributed by atoms with Gasteiger partial charge in [-0.3, -0.25) is 9.69 Å². The van der Waals surface area contributed by atoms with Crippen LogP contribution in [0, 0.1) is 0 Å². The fourth-order valence-corrected chi connectivity index (χ4v) is 5.93. The van der Waals surface area contributed by atoms with Gasteiger partial charge in [0, 0.05) is 94.0 Å². The number of urea groups is 1. The Balaban J connectivity index is 1.12. The van der Waals surface area contributed by atoms with E-state index in [0.29, 0.717) is 67.0 Å². The molecule has 3 aliphatic rings. The highest BCUT2D eigenvalue weighted by Crippen LogP contribution is 2.25. The third-order valence-corrected chi connectivity index (χ3v) is 8.64. The first-order valence-corrected chi connectivity index (χ1v) is 16.3. The molecule has 0 atom stereocenters. The van der Waals surface area contributed by atoms with Gasteiger partial charge < -0.3 is 35.4 Å². The van der Waals surface area contributed by atoms with Crippen molar-refractivity contribution in [2.24, 2.45) is 0 Å². The molecule has 0 saturated carbocycles. The fraction of sp³-hybridized carbons (Fsp3) is 0.485. The number of benzene rings is 2. The van der Waals surface area contributed by atoms with Crippen molar-refractivity contribution in [2.45, 2.75) is 26.3 Å². The zero-order valence-corrected chi connectivity index (χ0v) is 26.7. The number of carbonyl (C=O) groups is 2. The van der Waals surface area contributed by atoms with Crippen LogP contribution in [0.15, 0.2) is 48.5 Å². The van der Waals surface area contributed by atoms with E-state index in [9.17, 15) is 9.59 Å². The van der Waals surface area contributed by atoms with Crippen molar-refractivity contribution in [3.05, 3.63) is 54.1 Å². The van der Waals surface area contributed by atoms with E-state index >= 15 is 0 Å². The number of ether oxygens (including phenoxy) is 1. The number of anilines is 4. The highest BCUT2D eigenvalue weighted by atomic mass is 16.5. The molecule has 2 aromatic carbocycles. The summed E-state index contributed by atoms with van der Waals surface area (Å²) in [6.07, 6.45) is 1.05. The first-order valence-electron chi connectivity index (χ1n) is 16.3. The molecule has 0 unspecified atom stereocenters. The highest BCUT2D eigenvalue weighted by Gasteiger charge is 2.23. The minimum atomic E-state index is -0.373. The minimum absolute atomic E-state index is 0.00385. The quantitative estimate of drug-likeness (QED) is 0.359. The molecule has 3 fully saturated rings. The second-order valence-corrected chi connectivity index (χ2v) is 12.1. The monoisotopic (exact) mass is 628 g/mol. The van der Waals surface area contributed by atoms with Crippen LogP contribution in [0.5, 0.6) is 0 Å². The van der Waals surface area contributed by atoms with Crippen LogP contribution in [-0.2, 0) is 4.74 Å². The van der Waals surface area contributed by atoms with Gasteiger partial charge in [0.1, 0.15) is 0 Å². The first-order chi connectivity index (χ1) is 22.4. The molecule has 3 N–H and O–H groups in total. The van der Waals surface area contributed by atoms with Crippen LogP contribution in [0.25, 0.3) is 11.4 Å². The predicted octanol–water partition coefficient (Wildman–Crippen LogP) is 2.99. The maximum absolute atomic E-state index is 12.8. The Kier molecular flexibility index (Phi) is 10.2. The van der Waals surface area contributed by atoms with Gasteiger partial charge >= 0.3 is 6.03 Å². The number of piperazine rings is 1. The number of aromatic nitrogens is 3.